The van der Waals surface area contributed by atoms with E-state index in [-0.39, 0.29) is 24.6 Å². The lowest BCUT2D eigenvalue weighted by Gasteiger charge is -2.52. The SMILES string of the molecule is CCCCCCCCCC(=O)O[C@@]12[C@H](O)[C@@H](C)[C@@]3(O)[C@@H](C=C(O)C[C@]4(O)C(=O)C(C)=C[C@@H]34)[C@@H]1C2(C)C. The third-order valence-electron chi connectivity index (χ3n) is 9.97. The van der Waals surface area contributed by atoms with Gasteiger partial charge < -0.3 is 25.2 Å². The predicted molar refractivity (Wildman–Crippen MR) is 135 cm³/mol. The van der Waals surface area contributed by atoms with Crippen LogP contribution in [0.1, 0.15) is 92.4 Å². The molecular formula is C29H44O7. The zero-order chi connectivity index (χ0) is 26.7. The van der Waals surface area contributed by atoms with Crippen molar-refractivity contribution < 1.29 is 34.8 Å². The molecule has 0 aromatic carbocycles. The van der Waals surface area contributed by atoms with Crippen LogP contribution in [-0.2, 0) is 14.3 Å². The van der Waals surface area contributed by atoms with Crippen LogP contribution in [-0.4, -0.2) is 55.1 Å². The van der Waals surface area contributed by atoms with Gasteiger partial charge in [0.05, 0.1) is 17.5 Å². The molecule has 2 fully saturated rings. The number of aliphatic hydroxyl groups excluding tert-OH is 2. The maximum atomic E-state index is 13.0. The molecule has 2 saturated carbocycles. The Balaban J connectivity index is 1.57. The Kier molecular flexibility index (Phi) is 7.02. The summed E-state index contributed by atoms with van der Waals surface area (Å²) in [4.78, 5) is 25.8. The molecule has 7 heteroatoms. The van der Waals surface area contributed by atoms with Gasteiger partial charge in [0.25, 0.3) is 0 Å². The number of carbonyl (C=O) groups excluding carboxylic acids is 2. The number of esters is 1. The van der Waals surface area contributed by atoms with E-state index in [1.54, 1.807) is 19.9 Å². The van der Waals surface area contributed by atoms with Crippen LogP contribution < -0.4 is 0 Å². The Morgan fingerprint density at radius 1 is 1.08 bits per heavy atom. The highest BCUT2D eigenvalue weighted by Gasteiger charge is 2.86. The largest absolute Gasteiger partial charge is 0.513 e. The van der Waals surface area contributed by atoms with Crippen molar-refractivity contribution in [3.8, 4) is 0 Å². The third-order valence-corrected chi connectivity index (χ3v) is 9.97. The summed E-state index contributed by atoms with van der Waals surface area (Å²) in [5.74, 6) is -4.07. The zero-order valence-electron chi connectivity index (χ0n) is 22.4. The van der Waals surface area contributed by atoms with Crippen molar-refractivity contribution in [2.75, 3.05) is 0 Å². The summed E-state index contributed by atoms with van der Waals surface area (Å²) >= 11 is 0. The molecule has 202 valence electrons. The number of unbranched alkanes of at least 4 members (excludes halogenated alkanes) is 6. The number of ketones is 1. The van der Waals surface area contributed by atoms with Gasteiger partial charge in [0, 0.05) is 41.9 Å². The molecule has 0 unspecified atom stereocenters. The molecule has 0 aromatic heterocycles. The van der Waals surface area contributed by atoms with Crippen LogP contribution in [0.5, 0.6) is 0 Å². The number of fused-ring (bicyclic) bond motifs is 5. The molecule has 4 N–H and O–H groups in total. The summed E-state index contributed by atoms with van der Waals surface area (Å²) in [6.07, 6.45) is 9.46. The predicted octanol–water partition coefficient (Wildman–Crippen LogP) is 4.14. The summed E-state index contributed by atoms with van der Waals surface area (Å²) in [6.45, 7) is 9.26. The second-order valence-corrected chi connectivity index (χ2v) is 12.4. The van der Waals surface area contributed by atoms with Crippen molar-refractivity contribution in [3.05, 3.63) is 23.5 Å². The Morgan fingerprint density at radius 2 is 1.69 bits per heavy atom. The van der Waals surface area contributed by atoms with Crippen molar-refractivity contribution in [2.45, 2.75) is 115 Å². The third kappa shape index (κ3) is 3.71. The molecule has 4 aliphatic rings. The van der Waals surface area contributed by atoms with Gasteiger partial charge in [-0.2, -0.15) is 0 Å². The summed E-state index contributed by atoms with van der Waals surface area (Å²) < 4.78 is 6.09. The maximum Gasteiger partial charge on any atom is 0.306 e. The molecule has 0 bridgehead atoms. The van der Waals surface area contributed by atoms with Crippen molar-refractivity contribution >= 4 is 11.8 Å². The number of ether oxygens (including phenoxy) is 1. The van der Waals surface area contributed by atoms with Gasteiger partial charge in [0.1, 0.15) is 11.2 Å². The van der Waals surface area contributed by atoms with E-state index in [0.717, 1.165) is 25.7 Å². The summed E-state index contributed by atoms with van der Waals surface area (Å²) in [5, 5.41) is 46.0. The lowest BCUT2D eigenvalue weighted by Crippen LogP contribution is -2.65. The average molecular weight is 505 g/mol. The summed E-state index contributed by atoms with van der Waals surface area (Å²) in [7, 11) is 0. The minimum atomic E-state index is -1.98. The van der Waals surface area contributed by atoms with Crippen LogP contribution in [0.25, 0.3) is 0 Å². The second-order valence-electron chi connectivity index (χ2n) is 12.4. The van der Waals surface area contributed by atoms with Gasteiger partial charge >= 0.3 is 5.97 Å². The molecule has 0 aromatic rings. The monoisotopic (exact) mass is 504 g/mol. The van der Waals surface area contributed by atoms with Gasteiger partial charge in [-0.05, 0) is 25.0 Å². The quantitative estimate of drug-likeness (QED) is 0.275. The first-order valence-corrected chi connectivity index (χ1v) is 13.8. The Labute approximate surface area is 214 Å². The summed E-state index contributed by atoms with van der Waals surface area (Å²) in [5.41, 5.74) is -5.23. The first-order chi connectivity index (χ1) is 16.8. The Bertz CT molecular complexity index is 967. The summed E-state index contributed by atoms with van der Waals surface area (Å²) in [6, 6.07) is 0. The van der Waals surface area contributed by atoms with Crippen LogP contribution in [0.4, 0.5) is 0 Å². The molecule has 8 atom stereocenters. The first kappa shape index (κ1) is 27.3. The first-order valence-electron chi connectivity index (χ1n) is 13.8. The van der Waals surface area contributed by atoms with Gasteiger partial charge in [-0.1, -0.05) is 72.3 Å². The average Bonchev–Trinajstić information content (AvgIpc) is 3.23. The standard InChI is InChI=1S/C29H44O7/c1-6-7-8-9-10-11-12-13-22(31)36-29-23(26(29,4)5)20-15-19(30)16-27(34)21(14-17(2)24(27)32)28(20,35)18(3)25(29)33/h14-15,18,20-21,23,25,30,33-35H,6-13,16H2,1-5H3/t18-,20+,21-,23-,25-,27-,28-,29-/m1/s1. The van der Waals surface area contributed by atoms with E-state index in [1.165, 1.54) is 25.3 Å². The molecule has 7 nitrogen and oxygen atoms in total. The Morgan fingerprint density at radius 3 is 2.33 bits per heavy atom. The fourth-order valence-electron chi connectivity index (χ4n) is 7.91. The molecule has 0 amide bonds. The van der Waals surface area contributed by atoms with Crippen LogP contribution in [0, 0.1) is 29.1 Å². The van der Waals surface area contributed by atoms with Crippen molar-refractivity contribution in [2.24, 2.45) is 29.1 Å². The molecule has 4 aliphatic carbocycles. The second kappa shape index (κ2) is 9.25. The molecule has 0 aliphatic heterocycles. The van der Waals surface area contributed by atoms with E-state index in [2.05, 4.69) is 6.92 Å². The lowest BCUT2D eigenvalue weighted by molar-refractivity contribution is -0.219. The van der Waals surface area contributed by atoms with E-state index in [1.807, 2.05) is 13.8 Å². The minimum Gasteiger partial charge on any atom is -0.513 e. The molecule has 0 saturated heterocycles. The van der Waals surface area contributed by atoms with Crippen LogP contribution in [0.3, 0.4) is 0 Å². The molecule has 4 rings (SSSR count). The van der Waals surface area contributed by atoms with E-state index < -0.39 is 57.8 Å². The Hall–Kier alpha value is -1.70. The van der Waals surface area contributed by atoms with Crippen LogP contribution >= 0.6 is 0 Å². The van der Waals surface area contributed by atoms with Gasteiger partial charge in [-0.25, -0.2) is 0 Å². The number of rotatable bonds is 9. The van der Waals surface area contributed by atoms with E-state index in [0.29, 0.717) is 5.57 Å². The minimum absolute atomic E-state index is 0.172. The highest BCUT2D eigenvalue weighted by molar-refractivity contribution is 6.04. The van der Waals surface area contributed by atoms with Crippen LogP contribution in [0.2, 0.25) is 0 Å². The van der Waals surface area contributed by atoms with Crippen LogP contribution in [0.15, 0.2) is 23.5 Å². The number of hydrogen-bond acceptors (Lipinski definition) is 7. The molecule has 36 heavy (non-hydrogen) atoms. The number of aliphatic hydroxyl groups is 4. The topological polar surface area (TPSA) is 124 Å². The maximum absolute atomic E-state index is 13.0. The van der Waals surface area contributed by atoms with E-state index >= 15 is 0 Å². The number of hydrogen-bond donors (Lipinski definition) is 4. The van der Waals surface area contributed by atoms with E-state index in [9.17, 15) is 30.0 Å². The number of carbonyl (C=O) groups is 2. The van der Waals surface area contributed by atoms with E-state index in [4.69, 9.17) is 4.74 Å². The normalized spacial score (nSPS) is 42.4. The van der Waals surface area contributed by atoms with Gasteiger partial charge in [-0.15, -0.1) is 0 Å². The lowest BCUT2D eigenvalue weighted by atomic mass is 9.59. The molecule has 0 spiro atoms. The highest BCUT2D eigenvalue weighted by Crippen LogP contribution is 2.76. The molecule has 0 radical (unpaired) electrons. The fraction of sp³-hybridized carbons (Fsp3) is 0.793. The van der Waals surface area contributed by atoms with Gasteiger partial charge in [0.15, 0.2) is 5.78 Å². The van der Waals surface area contributed by atoms with Crippen molar-refractivity contribution in [1.82, 2.24) is 0 Å². The van der Waals surface area contributed by atoms with Gasteiger partial charge in [-0.3, -0.25) is 9.59 Å². The van der Waals surface area contributed by atoms with Crippen molar-refractivity contribution in [1.29, 1.82) is 0 Å². The van der Waals surface area contributed by atoms with Gasteiger partial charge in [0.2, 0.25) is 0 Å². The number of Topliss-reactive ketones (excluding diaryl/α,β-unsaturated/α-hetero) is 1. The smallest absolute Gasteiger partial charge is 0.306 e. The highest BCUT2D eigenvalue weighted by atomic mass is 16.6. The van der Waals surface area contributed by atoms with Crippen molar-refractivity contribution in [3.63, 3.8) is 0 Å². The molecular weight excluding hydrogens is 460 g/mol. The molecule has 0 heterocycles. The fourth-order valence-corrected chi connectivity index (χ4v) is 7.91. The zero-order valence-corrected chi connectivity index (χ0v) is 22.4.